The highest BCUT2D eigenvalue weighted by molar-refractivity contribution is 5.71. The molecule has 0 atom stereocenters. The molecule has 4 heterocycles. The van der Waals surface area contributed by atoms with Crippen LogP contribution in [0.2, 0.25) is 0 Å². The number of fused-ring (bicyclic) bond motifs is 1. The molecule has 0 unspecified atom stereocenters. The maximum Gasteiger partial charge on any atom is 0.160 e. The lowest BCUT2D eigenvalue weighted by Crippen LogP contribution is -2.35. The third kappa shape index (κ3) is 2.82. The van der Waals surface area contributed by atoms with Crippen LogP contribution in [0.25, 0.3) is 11.2 Å². The zero-order valence-electron chi connectivity index (χ0n) is 15.4. The predicted octanol–water partition coefficient (Wildman–Crippen LogP) is 3.27. The van der Waals surface area contributed by atoms with Crippen LogP contribution in [0, 0.1) is 0 Å². The van der Waals surface area contributed by atoms with E-state index < -0.39 is 0 Å². The predicted molar refractivity (Wildman–Crippen MR) is 101 cm³/mol. The molecule has 1 saturated heterocycles. The minimum atomic E-state index is 0.524. The molecular weight excluding hydrogens is 324 g/mol. The van der Waals surface area contributed by atoms with Crippen LogP contribution in [0.4, 0.5) is 0 Å². The van der Waals surface area contributed by atoms with E-state index in [1.54, 1.807) is 0 Å². The summed E-state index contributed by atoms with van der Waals surface area (Å²) >= 11 is 0. The van der Waals surface area contributed by atoms with Gasteiger partial charge in [-0.1, -0.05) is 6.42 Å². The summed E-state index contributed by atoms with van der Waals surface area (Å²) in [6, 6.07) is 4.63. The molecule has 1 aliphatic carbocycles. The van der Waals surface area contributed by atoms with Crippen molar-refractivity contribution in [1.29, 1.82) is 0 Å². The van der Waals surface area contributed by atoms with Gasteiger partial charge in [0, 0.05) is 56.6 Å². The summed E-state index contributed by atoms with van der Waals surface area (Å²) in [5.41, 5.74) is 3.45. The second kappa shape index (κ2) is 6.50. The first-order valence-corrected chi connectivity index (χ1v) is 9.80. The Morgan fingerprint density at radius 2 is 2.00 bits per heavy atom. The average molecular weight is 350 g/mol. The topological polar surface area (TPSA) is 51.8 Å². The lowest BCUT2D eigenvalue weighted by atomic mass is 9.84. The van der Waals surface area contributed by atoms with Gasteiger partial charge in [0.15, 0.2) is 5.65 Å². The molecule has 2 aliphatic rings. The van der Waals surface area contributed by atoms with Crippen LogP contribution in [-0.4, -0.2) is 42.3 Å². The van der Waals surface area contributed by atoms with Gasteiger partial charge in [-0.3, -0.25) is 9.58 Å². The largest absolute Gasteiger partial charge is 0.309 e. The van der Waals surface area contributed by atoms with Gasteiger partial charge in [-0.25, -0.2) is 9.97 Å². The summed E-state index contributed by atoms with van der Waals surface area (Å²) in [6.45, 7) is 3.24. The zero-order valence-corrected chi connectivity index (χ0v) is 15.4. The zero-order chi connectivity index (χ0) is 17.5. The highest BCUT2D eigenvalue weighted by Gasteiger charge is 2.30. The first-order valence-electron chi connectivity index (χ1n) is 9.80. The van der Waals surface area contributed by atoms with Crippen LogP contribution in [0.3, 0.4) is 0 Å². The summed E-state index contributed by atoms with van der Waals surface area (Å²) in [5.74, 6) is 1.92. The number of nitrogens with zero attached hydrogens (tertiary/aromatic N) is 6. The summed E-state index contributed by atoms with van der Waals surface area (Å²) in [5, 5.41) is 4.29. The lowest BCUT2D eigenvalue weighted by Gasteiger charge is -2.35. The minimum Gasteiger partial charge on any atom is -0.309 e. The highest BCUT2D eigenvalue weighted by atomic mass is 15.2. The van der Waals surface area contributed by atoms with E-state index in [2.05, 4.69) is 31.8 Å². The van der Waals surface area contributed by atoms with Crippen molar-refractivity contribution in [3.63, 3.8) is 0 Å². The Balaban J connectivity index is 1.36. The van der Waals surface area contributed by atoms with Crippen molar-refractivity contribution in [2.24, 2.45) is 7.05 Å². The van der Waals surface area contributed by atoms with E-state index in [4.69, 9.17) is 4.98 Å². The molecule has 2 fully saturated rings. The van der Waals surface area contributed by atoms with Crippen LogP contribution < -0.4 is 0 Å². The quantitative estimate of drug-likeness (QED) is 0.725. The van der Waals surface area contributed by atoms with Gasteiger partial charge in [-0.15, -0.1) is 0 Å². The van der Waals surface area contributed by atoms with Gasteiger partial charge in [-0.2, -0.15) is 5.10 Å². The summed E-state index contributed by atoms with van der Waals surface area (Å²) in [7, 11) is 1.98. The minimum absolute atomic E-state index is 0.524. The Morgan fingerprint density at radius 3 is 2.69 bits per heavy atom. The SMILES string of the molecule is Cn1cc(CN2CCC(n3c(C4CCC4)nc4cccnc43)CC2)cn1. The fourth-order valence-corrected chi connectivity index (χ4v) is 4.41. The number of likely N-dealkylation sites (tertiary alicyclic amines) is 1. The van der Waals surface area contributed by atoms with Crippen molar-refractivity contribution in [2.75, 3.05) is 13.1 Å². The summed E-state index contributed by atoms with van der Waals surface area (Å²) in [6.07, 6.45) is 12.2. The summed E-state index contributed by atoms with van der Waals surface area (Å²) in [4.78, 5) is 12.2. The monoisotopic (exact) mass is 350 g/mol. The number of aromatic nitrogens is 5. The maximum atomic E-state index is 4.98. The lowest BCUT2D eigenvalue weighted by molar-refractivity contribution is 0.177. The molecule has 0 N–H and O–H groups in total. The number of imidazole rings is 1. The van der Waals surface area contributed by atoms with Gasteiger partial charge in [0.1, 0.15) is 11.3 Å². The van der Waals surface area contributed by atoms with Gasteiger partial charge >= 0.3 is 0 Å². The standard InChI is InChI=1S/C20H26N6/c1-24-13-15(12-22-24)14-25-10-7-17(8-11-25)26-19(16-4-2-5-16)23-18-6-3-9-21-20(18)26/h3,6,9,12-13,16-17H,2,4-5,7-8,10-11,14H2,1H3. The Hall–Kier alpha value is -2.21. The Labute approximate surface area is 153 Å². The second-order valence-electron chi connectivity index (χ2n) is 7.84. The number of hydrogen-bond donors (Lipinski definition) is 0. The van der Waals surface area contributed by atoms with Crippen molar-refractivity contribution in [3.8, 4) is 0 Å². The van der Waals surface area contributed by atoms with Crippen molar-refractivity contribution in [3.05, 3.63) is 42.1 Å². The first kappa shape index (κ1) is 16.0. The van der Waals surface area contributed by atoms with E-state index in [1.165, 1.54) is 43.5 Å². The Kier molecular flexibility index (Phi) is 4.00. The third-order valence-corrected chi connectivity index (χ3v) is 6.03. The van der Waals surface area contributed by atoms with Crippen LogP contribution >= 0.6 is 0 Å². The molecule has 6 heteroatoms. The van der Waals surface area contributed by atoms with Gasteiger partial charge in [0.05, 0.1) is 6.20 Å². The van der Waals surface area contributed by atoms with Gasteiger partial charge < -0.3 is 4.57 Å². The van der Waals surface area contributed by atoms with E-state index >= 15 is 0 Å². The third-order valence-electron chi connectivity index (χ3n) is 6.03. The Bertz CT molecular complexity index is 898. The van der Waals surface area contributed by atoms with Gasteiger partial charge in [-0.05, 0) is 37.8 Å². The van der Waals surface area contributed by atoms with Crippen molar-refractivity contribution < 1.29 is 0 Å². The van der Waals surface area contributed by atoms with E-state index in [0.717, 1.165) is 30.8 Å². The number of piperidine rings is 1. The molecule has 3 aromatic rings. The fourth-order valence-electron chi connectivity index (χ4n) is 4.41. The molecule has 26 heavy (non-hydrogen) atoms. The van der Waals surface area contributed by atoms with E-state index in [1.807, 2.05) is 30.2 Å². The van der Waals surface area contributed by atoms with Crippen LogP contribution in [0.5, 0.6) is 0 Å². The second-order valence-corrected chi connectivity index (χ2v) is 7.84. The maximum absolute atomic E-state index is 4.98. The molecule has 6 nitrogen and oxygen atoms in total. The molecule has 0 amide bonds. The van der Waals surface area contributed by atoms with Crippen molar-refractivity contribution in [2.45, 2.75) is 50.6 Å². The average Bonchev–Trinajstić information content (AvgIpc) is 3.17. The molecule has 5 rings (SSSR count). The molecule has 1 aliphatic heterocycles. The van der Waals surface area contributed by atoms with Crippen LogP contribution in [0.15, 0.2) is 30.7 Å². The summed E-state index contributed by atoms with van der Waals surface area (Å²) < 4.78 is 4.37. The number of pyridine rings is 1. The van der Waals surface area contributed by atoms with E-state index in [0.29, 0.717) is 12.0 Å². The van der Waals surface area contributed by atoms with E-state index in [-0.39, 0.29) is 0 Å². The normalized spacial score (nSPS) is 19.9. The molecule has 0 bridgehead atoms. The number of aryl methyl sites for hydroxylation is 1. The van der Waals surface area contributed by atoms with Gasteiger partial charge in [0.25, 0.3) is 0 Å². The Morgan fingerprint density at radius 1 is 1.15 bits per heavy atom. The van der Waals surface area contributed by atoms with Gasteiger partial charge in [0.2, 0.25) is 0 Å². The molecule has 1 saturated carbocycles. The first-order chi connectivity index (χ1) is 12.8. The molecule has 0 radical (unpaired) electrons. The van der Waals surface area contributed by atoms with E-state index in [9.17, 15) is 0 Å². The molecule has 0 aromatic carbocycles. The highest BCUT2D eigenvalue weighted by Crippen LogP contribution is 2.39. The smallest absolute Gasteiger partial charge is 0.160 e. The molecular formula is C20H26N6. The molecule has 3 aromatic heterocycles. The fraction of sp³-hybridized carbons (Fsp3) is 0.550. The van der Waals surface area contributed by atoms with Crippen LogP contribution in [0.1, 0.15) is 55.5 Å². The molecule has 136 valence electrons. The number of hydrogen-bond acceptors (Lipinski definition) is 4. The van der Waals surface area contributed by atoms with Crippen molar-refractivity contribution >= 4 is 11.2 Å². The molecule has 0 spiro atoms. The number of rotatable bonds is 4. The van der Waals surface area contributed by atoms with Crippen molar-refractivity contribution in [1.82, 2.24) is 29.2 Å². The van der Waals surface area contributed by atoms with Crippen LogP contribution in [-0.2, 0) is 13.6 Å².